The second-order valence-electron chi connectivity index (χ2n) is 7.57. The molecule has 2 fully saturated rings. The summed E-state index contributed by atoms with van der Waals surface area (Å²) in [5.41, 5.74) is 1.47. The lowest BCUT2D eigenvalue weighted by atomic mass is 9.82. The normalized spacial score (nSPS) is 33.6. The Balaban J connectivity index is 1.78. The van der Waals surface area contributed by atoms with Gasteiger partial charge >= 0.3 is 0 Å². The maximum absolute atomic E-state index is 2.82. The lowest BCUT2D eigenvalue weighted by molar-refractivity contribution is 0.277. The average Bonchev–Trinajstić information content (AvgIpc) is 2.52. The fourth-order valence-electron chi connectivity index (χ4n) is 4.36. The molecule has 1 nitrogen and oxygen atoms in total. The zero-order valence-electron chi connectivity index (χ0n) is 13.8. The number of nitrogens with zero attached hydrogens (tertiary/aromatic N) is 1. The van der Waals surface area contributed by atoms with Gasteiger partial charge in [-0.3, -0.25) is 0 Å². The van der Waals surface area contributed by atoms with Gasteiger partial charge in [-0.05, 0) is 75.3 Å². The minimum Gasteiger partial charge on any atom is -0.366 e. The summed E-state index contributed by atoms with van der Waals surface area (Å²) in [6, 6.07) is 12.8. The maximum Gasteiger partial charge on any atom is 0.0371 e. The summed E-state index contributed by atoms with van der Waals surface area (Å²) in [6.07, 6.45) is 11.2. The van der Waals surface area contributed by atoms with Gasteiger partial charge in [0.15, 0.2) is 0 Å². The van der Waals surface area contributed by atoms with Gasteiger partial charge in [-0.15, -0.1) is 0 Å². The lowest BCUT2D eigenvalue weighted by Crippen LogP contribution is -2.46. The third-order valence-corrected chi connectivity index (χ3v) is 5.81. The van der Waals surface area contributed by atoms with E-state index in [4.69, 9.17) is 0 Å². The molecular weight excluding hydrogens is 254 g/mol. The van der Waals surface area contributed by atoms with E-state index in [2.05, 4.69) is 49.1 Å². The molecule has 0 aliphatic heterocycles. The number of benzene rings is 1. The van der Waals surface area contributed by atoms with Crippen LogP contribution in [-0.2, 0) is 0 Å². The zero-order chi connectivity index (χ0) is 14.7. The summed E-state index contributed by atoms with van der Waals surface area (Å²) >= 11 is 0. The van der Waals surface area contributed by atoms with Gasteiger partial charge in [0.2, 0.25) is 0 Å². The summed E-state index contributed by atoms with van der Waals surface area (Å²) in [7, 11) is 0. The Hall–Kier alpha value is -0.980. The molecule has 0 aromatic heterocycles. The van der Waals surface area contributed by atoms with Gasteiger partial charge in [0.1, 0.15) is 0 Å². The van der Waals surface area contributed by atoms with E-state index in [9.17, 15) is 0 Å². The molecule has 116 valence electrons. The van der Waals surface area contributed by atoms with Crippen molar-refractivity contribution >= 4 is 5.69 Å². The van der Waals surface area contributed by atoms with E-state index < -0.39 is 0 Å². The monoisotopic (exact) mass is 285 g/mol. The van der Waals surface area contributed by atoms with Crippen LogP contribution in [0.5, 0.6) is 0 Å². The molecule has 0 radical (unpaired) electrons. The molecule has 2 saturated carbocycles. The van der Waals surface area contributed by atoms with Crippen molar-refractivity contribution in [3.63, 3.8) is 0 Å². The molecule has 2 aliphatic carbocycles. The van der Waals surface area contributed by atoms with Crippen molar-refractivity contribution in [2.24, 2.45) is 11.8 Å². The van der Waals surface area contributed by atoms with Crippen molar-refractivity contribution in [1.82, 2.24) is 0 Å². The van der Waals surface area contributed by atoms with Gasteiger partial charge in [0, 0.05) is 17.8 Å². The van der Waals surface area contributed by atoms with Gasteiger partial charge in [-0.1, -0.05) is 32.0 Å². The second kappa shape index (κ2) is 6.85. The molecule has 3 rings (SSSR count). The van der Waals surface area contributed by atoms with Crippen LogP contribution in [0.25, 0.3) is 0 Å². The molecule has 0 atom stereocenters. The van der Waals surface area contributed by atoms with E-state index in [-0.39, 0.29) is 0 Å². The average molecular weight is 285 g/mol. The quantitative estimate of drug-likeness (QED) is 0.693. The Labute approximate surface area is 130 Å². The molecular formula is C20H31N. The van der Waals surface area contributed by atoms with Crippen LogP contribution >= 0.6 is 0 Å². The van der Waals surface area contributed by atoms with Crippen LogP contribution in [0.3, 0.4) is 0 Å². The fourth-order valence-corrected chi connectivity index (χ4v) is 4.36. The molecule has 0 spiro atoms. The van der Waals surface area contributed by atoms with Crippen LogP contribution in [0.15, 0.2) is 30.3 Å². The van der Waals surface area contributed by atoms with Crippen molar-refractivity contribution < 1.29 is 0 Å². The molecule has 1 aromatic carbocycles. The highest BCUT2D eigenvalue weighted by Gasteiger charge is 2.31. The van der Waals surface area contributed by atoms with Crippen LogP contribution in [0.1, 0.15) is 65.2 Å². The summed E-state index contributed by atoms with van der Waals surface area (Å²) in [5, 5.41) is 0. The van der Waals surface area contributed by atoms with Crippen LogP contribution in [-0.4, -0.2) is 12.1 Å². The van der Waals surface area contributed by atoms with Crippen LogP contribution in [0, 0.1) is 11.8 Å². The highest BCUT2D eigenvalue weighted by atomic mass is 15.2. The van der Waals surface area contributed by atoms with Gasteiger partial charge in [-0.25, -0.2) is 0 Å². The number of para-hydroxylation sites is 1. The smallest absolute Gasteiger partial charge is 0.0371 e. The first-order chi connectivity index (χ1) is 10.2. The highest BCUT2D eigenvalue weighted by Crippen LogP contribution is 2.36. The second-order valence-corrected chi connectivity index (χ2v) is 7.57. The summed E-state index contributed by atoms with van der Waals surface area (Å²) in [5.74, 6) is 1.87. The predicted molar refractivity (Wildman–Crippen MR) is 91.8 cm³/mol. The molecule has 21 heavy (non-hydrogen) atoms. The maximum atomic E-state index is 2.82. The topological polar surface area (TPSA) is 3.24 Å². The molecule has 0 heterocycles. The molecule has 1 heteroatoms. The molecule has 0 N–H and O–H groups in total. The van der Waals surface area contributed by atoms with E-state index in [0.717, 1.165) is 23.9 Å². The number of rotatable bonds is 3. The first-order valence-corrected chi connectivity index (χ1v) is 9.07. The Bertz CT molecular complexity index is 389. The first kappa shape index (κ1) is 14.9. The molecule has 2 aliphatic rings. The largest absolute Gasteiger partial charge is 0.366 e. The Morgan fingerprint density at radius 2 is 1.10 bits per heavy atom. The summed E-state index contributed by atoms with van der Waals surface area (Å²) < 4.78 is 0. The highest BCUT2D eigenvalue weighted by molar-refractivity contribution is 5.48. The van der Waals surface area contributed by atoms with Crippen molar-refractivity contribution in [2.45, 2.75) is 77.3 Å². The zero-order valence-corrected chi connectivity index (χ0v) is 13.8. The molecule has 0 amide bonds. The van der Waals surface area contributed by atoms with E-state index >= 15 is 0 Å². The van der Waals surface area contributed by atoms with Gasteiger partial charge in [0.25, 0.3) is 0 Å². The van der Waals surface area contributed by atoms with Crippen LogP contribution < -0.4 is 4.90 Å². The molecule has 0 saturated heterocycles. The third kappa shape index (κ3) is 3.62. The van der Waals surface area contributed by atoms with Crippen molar-refractivity contribution in [3.05, 3.63) is 30.3 Å². The number of hydrogen-bond acceptors (Lipinski definition) is 1. The standard InChI is InChI=1S/C20H31N/c1-16-8-12-19(13-9-16)21(18-6-4-3-5-7-18)20-14-10-17(2)11-15-20/h3-7,16-17,19-20H,8-15H2,1-2H3. The third-order valence-electron chi connectivity index (χ3n) is 5.81. The molecule has 0 bridgehead atoms. The van der Waals surface area contributed by atoms with E-state index in [1.165, 1.54) is 57.1 Å². The van der Waals surface area contributed by atoms with E-state index in [1.807, 2.05) is 0 Å². The fraction of sp³-hybridized carbons (Fsp3) is 0.700. The van der Waals surface area contributed by atoms with Crippen molar-refractivity contribution in [1.29, 1.82) is 0 Å². The molecule has 0 unspecified atom stereocenters. The minimum atomic E-state index is 0.780. The summed E-state index contributed by atoms with van der Waals surface area (Å²) in [4.78, 5) is 2.82. The van der Waals surface area contributed by atoms with Gasteiger partial charge < -0.3 is 4.90 Å². The van der Waals surface area contributed by atoms with Gasteiger partial charge in [0.05, 0.1) is 0 Å². The predicted octanol–water partition coefficient (Wildman–Crippen LogP) is 5.65. The van der Waals surface area contributed by atoms with Crippen LogP contribution in [0.4, 0.5) is 5.69 Å². The van der Waals surface area contributed by atoms with Crippen molar-refractivity contribution in [2.75, 3.05) is 4.90 Å². The summed E-state index contributed by atoms with van der Waals surface area (Å²) in [6.45, 7) is 4.84. The SMILES string of the molecule is CC1CCC(N(c2ccccc2)C2CCC(C)CC2)CC1. The van der Waals surface area contributed by atoms with E-state index in [1.54, 1.807) is 0 Å². The van der Waals surface area contributed by atoms with Crippen LogP contribution in [0.2, 0.25) is 0 Å². The van der Waals surface area contributed by atoms with Crippen molar-refractivity contribution in [3.8, 4) is 0 Å². The number of anilines is 1. The number of hydrogen-bond donors (Lipinski definition) is 0. The Morgan fingerprint density at radius 3 is 1.52 bits per heavy atom. The lowest BCUT2D eigenvalue weighted by Gasteiger charge is -2.45. The Kier molecular flexibility index (Phi) is 4.87. The molecule has 1 aromatic rings. The minimum absolute atomic E-state index is 0.780. The van der Waals surface area contributed by atoms with E-state index in [0.29, 0.717) is 0 Å². The van der Waals surface area contributed by atoms with Gasteiger partial charge in [-0.2, -0.15) is 0 Å². The Morgan fingerprint density at radius 1 is 0.667 bits per heavy atom. The first-order valence-electron chi connectivity index (χ1n) is 9.07.